The number of hydrogen-bond donors (Lipinski definition) is 2. The van der Waals surface area contributed by atoms with Crippen LogP contribution >= 0.6 is 11.8 Å². The molecule has 0 aliphatic rings. The summed E-state index contributed by atoms with van der Waals surface area (Å²) in [5, 5.41) is 13.5. The number of thioether (sulfide) groups is 1. The fourth-order valence-corrected chi connectivity index (χ4v) is 2.74. The SMILES string of the molecule is CCCC(C)(O)CNC(=O)c1c(C)nc(C)nc1SC. The van der Waals surface area contributed by atoms with Gasteiger partial charge in [-0.05, 0) is 33.4 Å². The summed E-state index contributed by atoms with van der Waals surface area (Å²) in [5.74, 6) is 0.421. The molecule has 0 bridgehead atoms. The van der Waals surface area contributed by atoms with Gasteiger partial charge in [0.25, 0.3) is 5.91 Å². The minimum atomic E-state index is -0.886. The summed E-state index contributed by atoms with van der Waals surface area (Å²) in [5.41, 5.74) is 0.272. The van der Waals surface area contributed by atoms with Crippen LogP contribution in [0.4, 0.5) is 0 Å². The van der Waals surface area contributed by atoms with Crippen LogP contribution in [0.1, 0.15) is 48.6 Å². The van der Waals surface area contributed by atoms with E-state index in [0.29, 0.717) is 28.5 Å². The summed E-state index contributed by atoms with van der Waals surface area (Å²) in [6, 6.07) is 0. The Morgan fingerprint density at radius 2 is 2.05 bits per heavy atom. The Kier molecular flexibility index (Phi) is 5.95. The Morgan fingerprint density at radius 1 is 1.40 bits per heavy atom. The van der Waals surface area contributed by atoms with Crippen LogP contribution in [-0.4, -0.2) is 39.4 Å². The highest BCUT2D eigenvalue weighted by molar-refractivity contribution is 7.98. The van der Waals surface area contributed by atoms with Crippen molar-refractivity contribution in [1.82, 2.24) is 15.3 Å². The molecule has 0 spiro atoms. The summed E-state index contributed by atoms with van der Waals surface area (Å²) in [7, 11) is 0. The highest BCUT2D eigenvalue weighted by atomic mass is 32.2. The average Bonchev–Trinajstić information content (AvgIpc) is 2.35. The number of nitrogens with zero attached hydrogens (tertiary/aromatic N) is 2. The summed E-state index contributed by atoms with van der Waals surface area (Å²) < 4.78 is 0. The molecule has 0 fully saturated rings. The maximum atomic E-state index is 12.3. The second-order valence-corrected chi connectivity index (χ2v) is 5.97. The molecular weight excluding hydrogens is 274 g/mol. The molecule has 2 N–H and O–H groups in total. The molecule has 1 aromatic rings. The number of hydrogen-bond acceptors (Lipinski definition) is 5. The molecule has 0 aliphatic heterocycles. The molecule has 0 aliphatic carbocycles. The normalized spacial score (nSPS) is 13.9. The lowest BCUT2D eigenvalue weighted by Gasteiger charge is -2.23. The third-order valence-electron chi connectivity index (χ3n) is 3.01. The number of carbonyl (C=O) groups excluding carboxylic acids is 1. The molecule has 0 saturated heterocycles. The van der Waals surface area contributed by atoms with Gasteiger partial charge in [-0.15, -0.1) is 11.8 Å². The third kappa shape index (κ3) is 4.45. The Morgan fingerprint density at radius 3 is 2.60 bits per heavy atom. The molecule has 0 aromatic carbocycles. The molecule has 1 atom stereocenters. The van der Waals surface area contributed by atoms with Crippen molar-refractivity contribution in [2.45, 2.75) is 51.2 Å². The van der Waals surface area contributed by atoms with Gasteiger partial charge < -0.3 is 10.4 Å². The van der Waals surface area contributed by atoms with Gasteiger partial charge in [-0.1, -0.05) is 13.3 Å². The molecule has 1 heterocycles. The largest absolute Gasteiger partial charge is 0.388 e. The van der Waals surface area contributed by atoms with Crippen molar-refractivity contribution in [2.75, 3.05) is 12.8 Å². The number of amides is 1. The lowest BCUT2D eigenvalue weighted by Crippen LogP contribution is -2.41. The Labute approximate surface area is 124 Å². The first-order valence-corrected chi connectivity index (χ1v) is 7.93. The van der Waals surface area contributed by atoms with E-state index in [2.05, 4.69) is 15.3 Å². The molecule has 20 heavy (non-hydrogen) atoms. The molecule has 1 rings (SSSR count). The van der Waals surface area contributed by atoms with Crippen LogP contribution in [0.15, 0.2) is 5.03 Å². The standard InChI is InChI=1S/C14H23N3O2S/c1-6-7-14(4,19)8-15-12(18)11-9(2)16-10(3)17-13(11)20-5/h19H,6-8H2,1-5H3,(H,15,18). The molecule has 1 unspecified atom stereocenters. The number of rotatable bonds is 6. The highest BCUT2D eigenvalue weighted by Gasteiger charge is 2.23. The second-order valence-electron chi connectivity index (χ2n) is 5.17. The van der Waals surface area contributed by atoms with Gasteiger partial charge in [0, 0.05) is 6.54 Å². The number of nitrogens with one attached hydrogen (secondary N) is 1. The van der Waals surface area contributed by atoms with E-state index in [0.717, 1.165) is 6.42 Å². The lowest BCUT2D eigenvalue weighted by atomic mass is 10.0. The van der Waals surface area contributed by atoms with Crippen LogP contribution in [0, 0.1) is 13.8 Å². The monoisotopic (exact) mass is 297 g/mol. The highest BCUT2D eigenvalue weighted by Crippen LogP contribution is 2.20. The molecule has 0 radical (unpaired) electrons. The van der Waals surface area contributed by atoms with Crippen molar-refractivity contribution in [2.24, 2.45) is 0 Å². The Hall–Kier alpha value is -1.14. The molecule has 6 heteroatoms. The first-order valence-electron chi connectivity index (χ1n) is 6.70. The molecule has 1 aromatic heterocycles. The lowest BCUT2D eigenvalue weighted by molar-refractivity contribution is 0.0468. The van der Waals surface area contributed by atoms with Gasteiger partial charge in [0.1, 0.15) is 10.9 Å². The smallest absolute Gasteiger partial charge is 0.255 e. The number of aryl methyl sites for hydroxylation is 2. The van der Waals surface area contributed by atoms with E-state index >= 15 is 0 Å². The van der Waals surface area contributed by atoms with Crippen LogP contribution in [0.3, 0.4) is 0 Å². The number of carbonyl (C=O) groups is 1. The zero-order valence-electron chi connectivity index (χ0n) is 12.8. The van der Waals surface area contributed by atoms with E-state index in [-0.39, 0.29) is 12.5 Å². The zero-order chi connectivity index (χ0) is 15.3. The molecular formula is C14H23N3O2S. The summed E-state index contributed by atoms with van der Waals surface area (Å²) in [6.07, 6.45) is 3.39. The van der Waals surface area contributed by atoms with E-state index in [1.807, 2.05) is 13.2 Å². The zero-order valence-corrected chi connectivity index (χ0v) is 13.6. The van der Waals surface area contributed by atoms with Gasteiger partial charge in [0.05, 0.1) is 16.9 Å². The Balaban J connectivity index is 2.88. The topological polar surface area (TPSA) is 75.1 Å². The van der Waals surface area contributed by atoms with E-state index in [4.69, 9.17) is 0 Å². The van der Waals surface area contributed by atoms with Crippen molar-refractivity contribution in [3.05, 3.63) is 17.1 Å². The van der Waals surface area contributed by atoms with Crippen molar-refractivity contribution in [3.8, 4) is 0 Å². The average molecular weight is 297 g/mol. The van der Waals surface area contributed by atoms with Crippen LogP contribution < -0.4 is 5.32 Å². The van der Waals surface area contributed by atoms with Gasteiger partial charge >= 0.3 is 0 Å². The van der Waals surface area contributed by atoms with E-state index in [1.165, 1.54) is 11.8 Å². The summed E-state index contributed by atoms with van der Waals surface area (Å²) >= 11 is 1.42. The van der Waals surface area contributed by atoms with Gasteiger partial charge in [-0.25, -0.2) is 9.97 Å². The van der Waals surface area contributed by atoms with Crippen LogP contribution in [-0.2, 0) is 0 Å². The van der Waals surface area contributed by atoms with Crippen molar-refractivity contribution in [1.29, 1.82) is 0 Å². The molecule has 5 nitrogen and oxygen atoms in total. The van der Waals surface area contributed by atoms with E-state index in [9.17, 15) is 9.90 Å². The molecule has 112 valence electrons. The fraction of sp³-hybridized carbons (Fsp3) is 0.643. The minimum Gasteiger partial charge on any atom is -0.388 e. The molecule has 1 amide bonds. The maximum absolute atomic E-state index is 12.3. The minimum absolute atomic E-state index is 0.223. The first kappa shape index (κ1) is 16.9. The van der Waals surface area contributed by atoms with Gasteiger partial charge in [-0.2, -0.15) is 0 Å². The summed E-state index contributed by atoms with van der Waals surface area (Å²) in [4.78, 5) is 20.8. The maximum Gasteiger partial charge on any atom is 0.255 e. The Bertz CT molecular complexity index is 490. The van der Waals surface area contributed by atoms with Gasteiger partial charge in [0.15, 0.2) is 0 Å². The number of aliphatic hydroxyl groups is 1. The first-order chi connectivity index (χ1) is 9.30. The summed E-state index contributed by atoms with van der Waals surface area (Å²) in [6.45, 7) is 7.56. The predicted octanol–water partition coefficient (Wildman–Crippen LogP) is 2.10. The predicted molar refractivity (Wildman–Crippen MR) is 81.2 cm³/mol. The van der Waals surface area contributed by atoms with Crippen LogP contribution in [0.25, 0.3) is 0 Å². The van der Waals surface area contributed by atoms with Gasteiger partial charge in [-0.3, -0.25) is 4.79 Å². The van der Waals surface area contributed by atoms with E-state index < -0.39 is 5.60 Å². The van der Waals surface area contributed by atoms with Gasteiger partial charge in [0.2, 0.25) is 0 Å². The number of aromatic nitrogens is 2. The van der Waals surface area contributed by atoms with E-state index in [1.54, 1.807) is 20.8 Å². The van der Waals surface area contributed by atoms with Crippen LogP contribution in [0.5, 0.6) is 0 Å². The van der Waals surface area contributed by atoms with Crippen molar-refractivity contribution >= 4 is 17.7 Å². The quantitative estimate of drug-likeness (QED) is 0.621. The fourth-order valence-electron chi connectivity index (χ4n) is 2.08. The second kappa shape index (κ2) is 7.04. The van der Waals surface area contributed by atoms with Crippen molar-refractivity contribution in [3.63, 3.8) is 0 Å². The van der Waals surface area contributed by atoms with Crippen molar-refractivity contribution < 1.29 is 9.90 Å². The molecule has 0 saturated carbocycles. The third-order valence-corrected chi connectivity index (χ3v) is 3.69. The van der Waals surface area contributed by atoms with Crippen LogP contribution in [0.2, 0.25) is 0 Å².